The van der Waals surface area contributed by atoms with Gasteiger partial charge in [-0.1, -0.05) is 6.07 Å². The van der Waals surface area contributed by atoms with Crippen molar-refractivity contribution in [3.63, 3.8) is 0 Å². The summed E-state index contributed by atoms with van der Waals surface area (Å²) in [5.41, 5.74) is 4.15. The summed E-state index contributed by atoms with van der Waals surface area (Å²) < 4.78 is 6.18. The highest BCUT2D eigenvalue weighted by Crippen LogP contribution is 2.31. The lowest BCUT2D eigenvalue weighted by molar-refractivity contribution is 0.102. The number of nitrogens with zero attached hydrogens (tertiary/aromatic N) is 3. The van der Waals surface area contributed by atoms with Crippen molar-refractivity contribution >= 4 is 33.1 Å². The van der Waals surface area contributed by atoms with Crippen LogP contribution in [0.2, 0.25) is 0 Å². The maximum atomic E-state index is 12.3. The molecule has 0 aliphatic rings. The van der Waals surface area contributed by atoms with E-state index in [-0.39, 0.29) is 11.6 Å². The van der Waals surface area contributed by atoms with Crippen molar-refractivity contribution in [2.24, 2.45) is 0 Å². The summed E-state index contributed by atoms with van der Waals surface area (Å²) in [5.74, 6) is 0.0236. The highest BCUT2D eigenvalue weighted by Gasteiger charge is 2.11. The summed E-state index contributed by atoms with van der Waals surface area (Å²) >= 11 is 1.66. The first kappa shape index (κ1) is 17.1. The van der Waals surface area contributed by atoms with Crippen molar-refractivity contribution in [1.82, 2.24) is 15.0 Å². The lowest BCUT2D eigenvalue weighted by Gasteiger charge is -2.06. The molecule has 0 saturated carbocycles. The van der Waals surface area contributed by atoms with Gasteiger partial charge in [0.15, 0.2) is 0 Å². The molecule has 0 unspecified atom stereocenters. The fraction of sp³-hybridized carbons (Fsp3) is 0.100. The molecule has 1 N–H and O–H groups in total. The van der Waals surface area contributed by atoms with E-state index in [1.54, 1.807) is 11.3 Å². The number of ether oxygens (including phenoxy) is 1. The number of amides is 1. The van der Waals surface area contributed by atoms with Crippen molar-refractivity contribution in [1.29, 1.82) is 0 Å². The Kier molecular flexibility index (Phi) is 4.52. The number of thiazole rings is 1. The first-order valence-corrected chi connectivity index (χ1v) is 9.09. The van der Waals surface area contributed by atoms with Gasteiger partial charge in [-0.05, 0) is 48.9 Å². The number of methoxy groups -OCH3 is 1. The Labute approximate surface area is 159 Å². The van der Waals surface area contributed by atoms with Gasteiger partial charge in [0.25, 0.3) is 5.91 Å². The molecule has 4 rings (SSSR count). The zero-order valence-electron chi connectivity index (χ0n) is 14.8. The summed E-state index contributed by atoms with van der Waals surface area (Å²) in [6, 6.07) is 15.3. The number of fused-ring (bicyclic) bond motifs is 1. The third kappa shape index (κ3) is 3.63. The third-order valence-corrected chi connectivity index (χ3v) is 5.08. The Morgan fingerprint density at radius 1 is 1.07 bits per heavy atom. The minimum absolute atomic E-state index is 0.243. The Hall–Kier alpha value is -3.32. The van der Waals surface area contributed by atoms with E-state index in [4.69, 9.17) is 4.74 Å². The summed E-state index contributed by atoms with van der Waals surface area (Å²) in [5, 5.41) is 3.77. The number of carbonyl (C=O) groups excluding carboxylic acids is 1. The van der Waals surface area contributed by atoms with E-state index in [2.05, 4.69) is 39.3 Å². The Morgan fingerprint density at radius 2 is 1.89 bits per heavy atom. The van der Waals surface area contributed by atoms with Crippen molar-refractivity contribution in [2.45, 2.75) is 6.92 Å². The number of aryl methyl sites for hydroxylation is 1. The van der Waals surface area contributed by atoms with Crippen LogP contribution < -0.4 is 10.1 Å². The number of anilines is 1. The van der Waals surface area contributed by atoms with Crippen LogP contribution in [-0.4, -0.2) is 28.0 Å². The van der Waals surface area contributed by atoms with E-state index in [1.165, 1.54) is 29.8 Å². The van der Waals surface area contributed by atoms with Crippen LogP contribution in [0.25, 0.3) is 20.8 Å². The Bertz CT molecular complexity index is 1120. The zero-order chi connectivity index (χ0) is 18.8. The number of carbonyl (C=O) groups is 1. The molecule has 2 aromatic heterocycles. The van der Waals surface area contributed by atoms with Crippen LogP contribution in [0.4, 0.5) is 5.69 Å². The van der Waals surface area contributed by atoms with E-state index >= 15 is 0 Å². The number of aromatic nitrogens is 3. The quantitative estimate of drug-likeness (QED) is 0.574. The zero-order valence-corrected chi connectivity index (χ0v) is 15.6. The molecular formula is C20H16N4O2S. The summed E-state index contributed by atoms with van der Waals surface area (Å²) in [7, 11) is 1.49. The van der Waals surface area contributed by atoms with Gasteiger partial charge in [0, 0.05) is 17.3 Å². The summed E-state index contributed by atoms with van der Waals surface area (Å²) in [6.07, 6.45) is 1.30. The van der Waals surface area contributed by atoms with E-state index < -0.39 is 0 Å². The second-order valence-electron chi connectivity index (χ2n) is 5.97. The van der Waals surface area contributed by atoms with Crippen LogP contribution in [0.1, 0.15) is 16.1 Å². The van der Waals surface area contributed by atoms with Crippen molar-refractivity contribution in [3.05, 3.63) is 66.1 Å². The molecule has 4 aromatic rings. The van der Waals surface area contributed by atoms with Gasteiger partial charge in [0.1, 0.15) is 17.0 Å². The predicted octanol–water partition coefficient (Wildman–Crippen LogP) is 4.32. The molecule has 6 nitrogen and oxygen atoms in total. The third-order valence-electron chi connectivity index (χ3n) is 4.02. The molecule has 134 valence electrons. The van der Waals surface area contributed by atoms with Gasteiger partial charge in [-0.25, -0.2) is 15.0 Å². The molecule has 1 amide bonds. The number of hydrogen-bond acceptors (Lipinski definition) is 6. The molecule has 7 heteroatoms. The molecule has 0 atom stereocenters. The summed E-state index contributed by atoms with van der Waals surface area (Å²) in [4.78, 5) is 24.9. The van der Waals surface area contributed by atoms with Crippen molar-refractivity contribution in [3.8, 4) is 16.5 Å². The molecule has 0 fully saturated rings. The van der Waals surface area contributed by atoms with E-state index in [0.717, 1.165) is 16.1 Å². The van der Waals surface area contributed by atoms with E-state index in [1.807, 2.05) is 30.3 Å². The fourth-order valence-corrected chi connectivity index (χ4v) is 3.69. The van der Waals surface area contributed by atoms with Crippen molar-refractivity contribution in [2.75, 3.05) is 12.4 Å². The second-order valence-corrected chi connectivity index (χ2v) is 7.00. The maximum Gasteiger partial charge on any atom is 0.274 e. The smallest absolute Gasteiger partial charge is 0.274 e. The first-order chi connectivity index (χ1) is 13.1. The van der Waals surface area contributed by atoms with E-state index in [9.17, 15) is 4.79 Å². The molecule has 27 heavy (non-hydrogen) atoms. The molecule has 0 radical (unpaired) electrons. The minimum Gasteiger partial charge on any atom is -0.481 e. The highest BCUT2D eigenvalue weighted by atomic mass is 32.1. The number of hydrogen-bond donors (Lipinski definition) is 1. The van der Waals surface area contributed by atoms with Gasteiger partial charge in [0.05, 0.1) is 17.3 Å². The molecular weight excluding hydrogens is 360 g/mol. The molecule has 0 saturated heterocycles. The molecule has 2 aromatic carbocycles. The van der Waals surface area contributed by atoms with E-state index in [0.29, 0.717) is 11.6 Å². The molecule has 0 aliphatic heterocycles. The summed E-state index contributed by atoms with van der Waals surface area (Å²) in [6.45, 7) is 2.07. The number of nitrogens with one attached hydrogen (secondary N) is 1. The highest BCUT2D eigenvalue weighted by molar-refractivity contribution is 7.21. The van der Waals surface area contributed by atoms with Gasteiger partial charge < -0.3 is 10.1 Å². The first-order valence-electron chi connectivity index (χ1n) is 8.27. The lowest BCUT2D eigenvalue weighted by Crippen LogP contribution is -2.14. The van der Waals surface area contributed by atoms with Gasteiger partial charge >= 0.3 is 0 Å². The normalized spacial score (nSPS) is 10.7. The lowest BCUT2D eigenvalue weighted by atomic mass is 10.2. The van der Waals surface area contributed by atoms with Crippen LogP contribution >= 0.6 is 11.3 Å². The van der Waals surface area contributed by atoms with Crippen LogP contribution in [0.5, 0.6) is 5.88 Å². The fourth-order valence-electron chi connectivity index (χ4n) is 2.62. The topological polar surface area (TPSA) is 77.0 Å². The van der Waals surface area contributed by atoms with Crippen molar-refractivity contribution < 1.29 is 9.53 Å². The minimum atomic E-state index is -0.320. The van der Waals surface area contributed by atoms with Crippen LogP contribution in [0.3, 0.4) is 0 Å². The Morgan fingerprint density at radius 3 is 2.67 bits per heavy atom. The standard InChI is InChI=1S/C20H16N4O2S/c1-12-3-8-15-17(9-12)27-20(24-15)13-4-6-14(7-5-13)23-19(25)16-10-18(26-2)22-11-21-16/h3-11H,1-2H3,(H,23,25). The second kappa shape index (κ2) is 7.13. The van der Waals surface area contributed by atoms with Gasteiger partial charge in [-0.2, -0.15) is 0 Å². The molecule has 0 aliphatic carbocycles. The van der Waals surface area contributed by atoms with Crippen LogP contribution in [0, 0.1) is 6.92 Å². The number of benzene rings is 2. The monoisotopic (exact) mass is 376 g/mol. The van der Waals surface area contributed by atoms with Gasteiger partial charge in [-0.3, -0.25) is 4.79 Å². The molecule has 0 bridgehead atoms. The van der Waals surface area contributed by atoms with Crippen LogP contribution in [0.15, 0.2) is 54.9 Å². The average molecular weight is 376 g/mol. The average Bonchev–Trinajstić information content (AvgIpc) is 3.11. The predicted molar refractivity (Wildman–Crippen MR) is 106 cm³/mol. The Balaban J connectivity index is 1.53. The molecule has 0 spiro atoms. The number of rotatable bonds is 4. The van der Waals surface area contributed by atoms with Crippen LogP contribution in [-0.2, 0) is 0 Å². The largest absolute Gasteiger partial charge is 0.481 e. The van der Waals surface area contributed by atoms with Gasteiger partial charge in [0.2, 0.25) is 5.88 Å². The molecule has 2 heterocycles. The maximum absolute atomic E-state index is 12.3. The SMILES string of the molecule is COc1cc(C(=O)Nc2ccc(-c3nc4ccc(C)cc4s3)cc2)ncn1. The van der Waals surface area contributed by atoms with Gasteiger partial charge in [-0.15, -0.1) is 11.3 Å².